The molecule has 0 radical (unpaired) electrons. The first-order valence-electron chi connectivity index (χ1n) is 6.25. The van der Waals surface area contributed by atoms with Gasteiger partial charge in [0.05, 0.1) is 0 Å². The summed E-state index contributed by atoms with van der Waals surface area (Å²) < 4.78 is 0. The molecule has 2 aromatic carbocycles. The van der Waals surface area contributed by atoms with Gasteiger partial charge in [0.1, 0.15) is 0 Å². The molecule has 4 atom stereocenters. The van der Waals surface area contributed by atoms with Crippen molar-refractivity contribution in [3.05, 3.63) is 70.8 Å². The van der Waals surface area contributed by atoms with Crippen molar-refractivity contribution in [3.8, 4) is 0 Å². The Kier molecular flexibility index (Phi) is 2.46. The van der Waals surface area contributed by atoms with Gasteiger partial charge in [0.2, 0.25) is 0 Å². The highest BCUT2D eigenvalue weighted by molar-refractivity contribution is 9.10. The van der Waals surface area contributed by atoms with Crippen LogP contribution in [0.3, 0.4) is 0 Å². The second-order valence-electron chi connectivity index (χ2n) is 5.11. The Balaban J connectivity index is 2.04. The van der Waals surface area contributed by atoms with E-state index in [0.717, 1.165) is 0 Å². The highest BCUT2D eigenvalue weighted by atomic mass is 79.9. The Bertz CT molecular complexity index is 620. The molecule has 2 aromatic rings. The number of benzene rings is 2. The minimum atomic E-state index is 0.415. The molecule has 2 heteroatoms. The largest absolute Gasteiger partial charge is 0.0873 e. The summed E-state index contributed by atoms with van der Waals surface area (Å²) in [5, 5.41) is 0. The Morgan fingerprint density at radius 3 is 1.83 bits per heavy atom. The molecular formula is C16H12Br2. The van der Waals surface area contributed by atoms with Crippen LogP contribution in [0, 0.1) is 0 Å². The SMILES string of the molecule is BrC1c2ccccc2C2c3ccccc3C1C2Br. The average Bonchev–Trinajstić information content (AvgIpc) is 2.63. The maximum Gasteiger partial charge on any atom is 0.0477 e. The summed E-state index contributed by atoms with van der Waals surface area (Å²) in [6, 6.07) is 17.7. The molecule has 0 saturated carbocycles. The number of rotatable bonds is 0. The fourth-order valence-electron chi connectivity index (χ4n) is 3.54. The summed E-state index contributed by atoms with van der Waals surface area (Å²) in [6.45, 7) is 0. The Hall–Kier alpha value is -0.600. The number of fused-ring (bicyclic) bond motifs is 7. The summed E-state index contributed by atoms with van der Waals surface area (Å²) in [6.07, 6.45) is 0. The van der Waals surface area contributed by atoms with Gasteiger partial charge in [-0.3, -0.25) is 0 Å². The van der Waals surface area contributed by atoms with Gasteiger partial charge in [0.25, 0.3) is 0 Å². The second-order valence-corrected chi connectivity index (χ2v) is 7.15. The van der Waals surface area contributed by atoms with E-state index in [9.17, 15) is 0 Å². The third-order valence-corrected chi connectivity index (χ3v) is 6.46. The predicted molar refractivity (Wildman–Crippen MR) is 81.9 cm³/mol. The van der Waals surface area contributed by atoms with E-state index >= 15 is 0 Å². The van der Waals surface area contributed by atoms with Crippen LogP contribution in [-0.2, 0) is 0 Å². The van der Waals surface area contributed by atoms with Crippen LogP contribution >= 0.6 is 31.9 Å². The lowest BCUT2D eigenvalue weighted by Crippen LogP contribution is -2.23. The molecule has 2 bridgehead atoms. The highest BCUT2D eigenvalue weighted by Gasteiger charge is 2.48. The lowest BCUT2D eigenvalue weighted by molar-refractivity contribution is 0.613. The molecule has 2 aliphatic rings. The number of hydrogen-bond donors (Lipinski definition) is 0. The fourth-order valence-corrected chi connectivity index (χ4v) is 6.14. The molecule has 0 fully saturated rings. The van der Waals surface area contributed by atoms with Crippen molar-refractivity contribution in [1.82, 2.24) is 0 Å². The predicted octanol–water partition coefficient (Wildman–Crippen LogP) is 5.13. The molecule has 0 saturated heterocycles. The van der Waals surface area contributed by atoms with Crippen molar-refractivity contribution >= 4 is 31.9 Å². The maximum absolute atomic E-state index is 3.94. The number of halogens is 2. The molecule has 2 aliphatic carbocycles. The van der Waals surface area contributed by atoms with Gasteiger partial charge >= 0.3 is 0 Å². The van der Waals surface area contributed by atoms with Gasteiger partial charge in [-0.25, -0.2) is 0 Å². The molecule has 0 heterocycles. The molecule has 4 unspecified atom stereocenters. The van der Waals surface area contributed by atoms with Gasteiger partial charge in [-0.2, -0.15) is 0 Å². The van der Waals surface area contributed by atoms with Crippen molar-refractivity contribution in [2.75, 3.05) is 0 Å². The first-order valence-corrected chi connectivity index (χ1v) is 8.08. The van der Waals surface area contributed by atoms with Crippen molar-refractivity contribution in [3.63, 3.8) is 0 Å². The molecule has 0 spiro atoms. The lowest BCUT2D eigenvalue weighted by atomic mass is 9.81. The number of hydrogen-bond acceptors (Lipinski definition) is 0. The van der Waals surface area contributed by atoms with Crippen molar-refractivity contribution in [2.24, 2.45) is 0 Å². The zero-order valence-electron chi connectivity index (χ0n) is 9.68. The number of alkyl halides is 2. The summed E-state index contributed by atoms with van der Waals surface area (Å²) in [4.78, 5) is 0.923. The first-order chi connectivity index (χ1) is 8.79. The second kappa shape index (κ2) is 3.94. The maximum atomic E-state index is 3.94. The van der Waals surface area contributed by atoms with Crippen LogP contribution in [0.4, 0.5) is 0 Å². The van der Waals surface area contributed by atoms with Crippen LogP contribution in [0.2, 0.25) is 0 Å². The molecule has 18 heavy (non-hydrogen) atoms. The van der Waals surface area contributed by atoms with Crippen molar-refractivity contribution < 1.29 is 0 Å². The van der Waals surface area contributed by atoms with Gasteiger partial charge in [0, 0.05) is 21.5 Å². The van der Waals surface area contributed by atoms with Gasteiger partial charge in [0.15, 0.2) is 0 Å². The lowest BCUT2D eigenvalue weighted by Gasteiger charge is -2.32. The molecular weight excluding hydrogens is 352 g/mol. The third-order valence-electron chi connectivity index (χ3n) is 4.30. The molecule has 0 nitrogen and oxygen atoms in total. The molecule has 0 aliphatic heterocycles. The van der Waals surface area contributed by atoms with E-state index in [4.69, 9.17) is 0 Å². The topological polar surface area (TPSA) is 0 Å². The Morgan fingerprint density at radius 1 is 0.667 bits per heavy atom. The Labute approximate surface area is 124 Å². The van der Waals surface area contributed by atoms with E-state index < -0.39 is 0 Å². The highest BCUT2D eigenvalue weighted by Crippen LogP contribution is 2.61. The zero-order valence-corrected chi connectivity index (χ0v) is 12.9. The minimum absolute atomic E-state index is 0.415. The van der Waals surface area contributed by atoms with E-state index in [1.54, 1.807) is 0 Å². The van der Waals surface area contributed by atoms with Crippen molar-refractivity contribution in [2.45, 2.75) is 21.5 Å². The smallest absolute Gasteiger partial charge is 0.0477 e. The summed E-state index contributed by atoms with van der Waals surface area (Å²) in [5.41, 5.74) is 5.93. The normalized spacial score (nSPS) is 31.9. The van der Waals surface area contributed by atoms with E-state index in [-0.39, 0.29) is 0 Å². The van der Waals surface area contributed by atoms with E-state index in [1.165, 1.54) is 22.3 Å². The van der Waals surface area contributed by atoms with Crippen molar-refractivity contribution in [1.29, 1.82) is 0 Å². The van der Waals surface area contributed by atoms with Gasteiger partial charge in [-0.15, -0.1) is 0 Å². The summed E-state index contributed by atoms with van der Waals surface area (Å²) in [5.74, 6) is 1.05. The van der Waals surface area contributed by atoms with Gasteiger partial charge in [-0.05, 0) is 22.3 Å². The van der Waals surface area contributed by atoms with Gasteiger partial charge < -0.3 is 0 Å². The summed E-state index contributed by atoms with van der Waals surface area (Å²) in [7, 11) is 0. The van der Waals surface area contributed by atoms with Crippen LogP contribution in [0.1, 0.15) is 38.9 Å². The standard InChI is InChI=1S/C16H12Br2/c17-15-12-8-4-3-7-11(12)13-9-5-1-2-6-10(9)14(15)16(13)18/h1-8,13-16H. The summed E-state index contributed by atoms with van der Waals surface area (Å²) >= 11 is 7.86. The quantitative estimate of drug-likeness (QED) is 0.569. The van der Waals surface area contributed by atoms with Crippen LogP contribution in [0.25, 0.3) is 0 Å². The Morgan fingerprint density at radius 2 is 1.17 bits per heavy atom. The van der Waals surface area contributed by atoms with Crippen LogP contribution in [-0.4, -0.2) is 4.83 Å². The fraction of sp³-hybridized carbons (Fsp3) is 0.250. The van der Waals surface area contributed by atoms with Crippen LogP contribution < -0.4 is 0 Å². The van der Waals surface area contributed by atoms with Crippen LogP contribution in [0.15, 0.2) is 48.5 Å². The molecule has 90 valence electrons. The van der Waals surface area contributed by atoms with E-state index in [0.29, 0.717) is 21.5 Å². The minimum Gasteiger partial charge on any atom is -0.0873 e. The van der Waals surface area contributed by atoms with Crippen LogP contribution in [0.5, 0.6) is 0 Å². The first kappa shape index (κ1) is 11.2. The van der Waals surface area contributed by atoms with E-state index in [2.05, 4.69) is 80.4 Å². The average molecular weight is 364 g/mol. The molecule has 0 aromatic heterocycles. The third kappa shape index (κ3) is 1.31. The zero-order chi connectivity index (χ0) is 12.3. The molecule has 0 N–H and O–H groups in total. The van der Waals surface area contributed by atoms with Gasteiger partial charge in [-0.1, -0.05) is 80.4 Å². The van der Waals surface area contributed by atoms with E-state index in [1.807, 2.05) is 0 Å². The monoisotopic (exact) mass is 362 g/mol. The molecule has 0 amide bonds. The molecule has 4 rings (SSSR count).